The van der Waals surface area contributed by atoms with E-state index in [9.17, 15) is 0 Å². The van der Waals surface area contributed by atoms with Gasteiger partial charge in [-0.2, -0.15) is 0 Å². The van der Waals surface area contributed by atoms with E-state index in [1.54, 1.807) is 0 Å². The van der Waals surface area contributed by atoms with Gasteiger partial charge in [0.15, 0.2) is 0 Å². The highest BCUT2D eigenvalue weighted by Gasteiger charge is 2.24. The molecule has 0 amide bonds. The summed E-state index contributed by atoms with van der Waals surface area (Å²) in [7, 11) is 0. The molecule has 18 heavy (non-hydrogen) atoms. The van der Waals surface area contributed by atoms with Crippen molar-refractivity contribution < 1.29 is 0 Å². The second-order valence-corrected chi connectivity index (χ2v) is 5.22. The van der Waals surface area contributed by atoms with Crippen LogP contribution in [-0.2, 0) is 0 Å². The van der Waals surface area contributed by atoms with Crippen LogP contribution in [0.1, 0.15) is 51.6 Å². The number of hydrogen-bond donors (Lipinski definition) is 1. The highest BCUT2D eigenvalue weighted by molar-refractivity contribution is 5.37. The number of nitrogens with one attached hydrogen (secondary N) is 1. The Morgan fingerprint density at radius 2 is 2.28 bits per heavy atom. The molecule has 2 heterocycles. The molecule has 1 aromatic rings. The monoisotopic (exact) mass is 247 g/mol. The third-order valence-corrected chi connectivity index (χ3v) is 3.95. The van der Waals surface area contributed by atoms with Crippen LogP contribution in [0, 0.1) is 0 Å². The van der Waals surface area contributed by atoms with Gasteiger partial charge in [-0.3, -0.25) is 4.90 Å². The fourth-order valence-electron chi connectivity index (χ4n) is 2.62. The van der Waals surface area contributed by atoms with Gasteiger partial charge in [-0.05, 0) is 50.9 Å². The summed E-state index contributed by atoms with van der Waals surface area (Å²) in [4.78, 5) is 7.08. The van der Waals surface area contributed by atoms with Crippen LogP contribution in [0.15, 0.2) is 18.3 Å². The molecule has 3 nitrogen and oxygen atoms in total. The summed E-state index contributed by atoms with van der Waals surface area (Å²) in [5, 5.41) is 3.41. The van der Waals surface area contributed by atoms with Gasteiger partial charge in [0.25, 0.3) is 0 Å². The van der Waals surface area contributed by atoms with Crippen LogP contribution in [0.25, 0.3) is 0 Å². The van der Waals surface area contributed by atoms with E-state index in [1.807, 2.05) is 6.20 Å². The lowest BCUT2D eigenvalue weighted by Gasteiger charge is -2.23. The lowest BCUT2D eigenvalue weighted by molar-refractivity contribution is 0.271. The Labute approximate surface area is 111 Å². The lowest BCUT2D eigenvalue weighted by Crippen LogP contribution is -2.22. The van der Waals surface area contributed by atoms with Crippen molar-refractivity contribution in [1.82, 2.24) is 9.88 Å². The summed E-state index contributed by atoms with van der Waals surface area (Å²) in [6.07, 6.45) is 5.75. The van der Waals surface area contributed by atoms with E-state index in [2.05, 4.69) is 48.1 Å². The minimum atomic E-state index is 0.488. The first-order valence-corrected chi connectivity index (χ1v) is 7.21. The van der Waals surface area contributed by atoms with Gasteiger partial charge in [0.05, 0.1) is 0 Å². The average Bonchev–Trinajstić information content (AvgIpc) is 2.87. The first kappa shape index (κ1) is 13.3. The van der Waals surface area contributed by atoms with E-state index in [0.717, 1.165) is 18.8 Å². The van der Waals surface area contributed by atoms with Gasteiger partial charge in [0.2, 0.25) is 0 Å². The molecular weight excluding hydrogens is 222 g/mol. The van der Waals surface area contributed by atoms with Crippen LogP contribution in [0.5, 0.6) is 0 Å². The SMILES string of the molecule is CC[C@H](C)Nc1ccc([C@H]2CCCN2CC)cn1. The molecule has 0 unspecified atom stereocenters. The summed E-state index contributed by atoms with van der Waals surface area (Å²) in [6.45, 7) is 8.98. The predicted molar refractivity (Wildman–Crippen MR) is 76.8 cm³/mol. The standard InChI is InChI=1S/C15H25N3/c1-4-12(3)17-15-9-8-13(11-16-15)14-7-6-10-18(14)5-2/h8-9,11-12,14H,4-7,10H2,1-3H3,(H,16,17)/t12-,14+/m0/s1. The zero-order valence-electron chi connectivity index (χ0n) is 11.8. The number of hydrogen-bond acceptors (Lipinski definition) is 3. The van der Waals surface area contributed by atoms with Crippen molar-refractivity contribution in [2.75, 3.05) is 18.4 Å². The van der Waals surface area contributed by atoms with Crippen molar-refractivity contribution in [2.24, 2.45) is 0 Å². The normalized spacial score (nSPS) is 22.1. The van der Waals surface area contributed by atoms with Crippen LogP contribution in [0.2, 0.25) is 0 Å². The number of nitrogens with zero attached hydrogens (tertiary/aromatic N) is 2. The van der Waals surface area contributed by atoms with Crippen molar-refractivity contribution >= 4 is 5.82 Å². The maximum absolute atomic E-state index is 4.54. The van der Waals surface area contributed by atoms with Crippen LogP contribution in [-0.4, -0.2) is 29.0 Å². The van der Waals surface area contributed by atoms with Crippen LogP contribution in [0.3, 0.4) is 0 Å². The topological polar surface area (TPSA) is 28.2 Å². The van der Waals surface area contributed by atoms with Gasteiger partial charge >= 0.3 is 0 Å². The molecule has 1 N–H and O–H groups in total. The van der Waals surface area contributed by atoms with Crippen molar-refractivity contribution in [3.05, 3.63) is 23.9 Å². The molecule has 0 spiro atoms. The Morgan fingerprint density at radius 1 is 1.44 bits per heavy atom. The van der Waals surface area contributed by atoms with E-state index >= 15 is 0 Å². The molecule has 3 heteroatoms. The van der Waals surface area contributed by atoms with Gasteiger partial charge < -0.3 is 5.32 Å². The number of aromatic nitrogens is 1. The van der Waals surface area contributed by atoms with Crippen molar-refractivity contribution in [3.63, 3.8) is 0 Å². The third kappa shape index (κ3) is 3.02. The maximum atomic E-state index is 4.54. The molecule has 0 aromatic carbocycles. The quantitative estimate of drug-likeness (QED) is 0.864. The molecule has 0 saturated carbocycles. The van der Waals surface area contributed by atoms with Crippen LogP contribution >= 0.6 is 0 Å². The molecular formula is C15H25N3. The second-order valence-electron chi connectivity index (χ2n) is 5.22. The molecule has 0 bridgehead atoms. The fourth-order valence-corrected chi connectivity index (χ4v) is 2.62. The summed E-state index contributed by atoms with van der Waals surface area (Å²) in [5.74, 6) is 0.995. The molecule has 0 aliphatic carbocycles. The first-order valence-electron chi connectivity index (χ1n) is 7.21. The molecule has 1 aliphatic heterocycles. The number of anilines is 1. The molecule has 1 fully saturated rings. The summed E-state index contributed by atoms with van der Waals surface area (Å²) < 4.78 is 0. The summed E-state index contributed by atoms with van der Waals surface area (Å²) in [5.41, 5.74) is 1.36. The zero-order valence-corrected chi connectivity index (χ0v) is 11.8. The predicted octanol–water partition coefficient (Wildman–Crippen LogP) is 3.45. The van der Waals surface area contributed by atoms with E-state index in [0.29, 0.717) is 12.1 Å². The molecule has 0 radical (unpaired) electrons. The Bertz CT molecular complexity index is 361. The minimum Gasteiger partial charge on any atom is -0.368 e. The van der Waals surface area contributed by atoms with E-state index < -0.39 is 0 Å². The Balaban J connectivity index is 2.03. The van der Waals surface area contributed by atoms with Crippen molar-refractivity contribution in [2.45, 2.75) is 52.1 Å². The third-order valence-electron chi connectivity index (χ3n) is 3.95. The van der Waals surface area contributed by atoms with E-state index in [1.165, 1.54) is 24.9 Å². The molecule has 2 rings (SSSR count). The van der Waals surface area contributed by atoms with Gasteiger partial charge in [0.1, 0.15) is 5.82 Å². The molecule has 1 saturated heterocycles. The van der Waals surface area contributed by atoms with E-state index in [-0.39, 0.29) is 0 Å². The van der Waals surface area contributed by atoms with Crippen molar-refractivity contribution in [1.29, 1.82) is 0 Å². The average molecular weight is 247 g/mol. The Kier molecular flexibility index (Phi) is 4.59. The van der Waals surface area contributed by atoms with Crippen LogP contribution in [0.4, 0.5) is 5.82 Å². The number of rotatable bonds is 5. The zero-order chi connectivity index (χ0) is 13.0. The van der Waals surface area contributed by atoms with Gasteiger partial charge in [0, 0.05) is 18.3 Å². The second kappa shape index (κ2) is 6.19. The van der Waals surface area contributed by atoms with Crippen LogP contribution < -0.4 is 5.32 Å². The fraction of sp³-hybridized carbons (Fsp3) is 0.667. The number of pyridine rings is 1. The first-order chi connectivity index (χ1) is 8.74. The van der Waals surface area contributed by atoms with Gasteiger partial charge in [-0.1, -0.05) is 19.9 Å². The van der Waals surface area contributed by atoms with Crippen molar-refractivity contribution in [3.8, 4) is 0 Å². The van der Waals surface area contributed by atoms with Gasteiger partial charge in [-0.25, -0.2) is 4.98 Å². The number of likely N-dealkylation sites (tertiary alicyclic amines) is 1. The molecule has 100 valence electrons. The largest absolute Gasteiger partial charge is 0.368 e. The minimum absolute atomic E-state index is 0.488. The highest BCUT2D eigenvalue weighted by atomic mass is 15.2. The maximum Gasteiger partial charge on any atom is 0.126 e. The van der Waals surface area contributed by atoms with Gasteiger partial charge in [-0.15, -0.1) is 0 Å². The van der Waals surface area contributed by atoms with E-state index in [4.69, 9.17) is 0 Å². The summed E-state index contributed by atoms with van der Waals surface area (Å²) >= 11 is 0. The lowest BCUT2D eigenvalue weighted by atomic mass is 10.1. The smallest absolute Gasteiger partial charge is 0.126 e. The molecule has 1 aromatic heterocycles. The Morgan fingerprint density at radius 3 is 2.89 bits per heavy atom. The Hall–Kier alpha value is -1.09. The molecule has 2 atom stereocenters. The summed E-state index contributed by atoms with van der Waals surface area (Å²) in [6, 6.07) is 5.42. The molecule has 1 aliphatic rings. The highest BCUT2D eigenvalue weighted by Crippen LogP contribution is 2.31.